The van der Waals surface area contributed by atoms with Crippen molar-refractivity contribution in [1.82, 2.24) is 9.80 Å². The molecule has 6 N–H and O–H groups in total. The zero-order chi connectivity index (χ0) is 33.8. The first-order valence-corrected chi connectivity index (χ1v) is 16.1. The fraction of sp³-hybridized carbons (Fsp3) is 0.647. The molecule has 0 radical (unpaired) electrons. The smallest absolute Gasteiger partial charge is 0.417 e. The van der Waals surface area contributed by atoms with Gasteiger partial charge in [0.1, 0.15) is 22.9 Å². The van der Waals surface area contributed by atoms with Gasteiger partial charge >= 0.3 is 6.18 Å². The van der Waals surface area contributed by atoms with Crippen LogP contribution in [0.1, 0.15) is 68.7 Å². The van der Waals surface area contributed by atoms with Crippen LogP contribution in [-0.4, -0.2) is 80.7 Å². The lowest BCUT2D eigenvalue weighted by Crippen LogP contribution is -2.62. The van der Waals surface area contributed by atoms with E-state index in [2.05, 4.69) is 13.8 Å². The monoisotopic (exact) mass is 647 g/mol. The van der Waals surface area contributed by atoms with Crippen molar-refractivity contribution >= 4 is 17.4 Å². The molecule has 2 unspecified atom stereocenters. The van der Waals surface area contributed by atoms with E-state index < -0.39 is 76.2 Å². The largest absolute Gasteiger partial charge is 0.510 e. The molecule has 7 rings (SSSR count). The number of aliphatic hydroxyl groups excluding tert-OH is 2. The van der Waals surface area contributed by atoms with Gasteiger partial charge in [-0.05, 0) is 92.6 Å². The molecule has 7 atom stereocenters. The summed E-state index contributed by atoms with van der Waals surface area (Å²) in [6, 6.07) is 0.0150. The van der Waals surface area contributed by atoms with Gasteiger partial charge in [0.15, 0.2) is 5.78 Å². The SMILES string of the molecule is CCN(Cc1cc(O)c2c(c1C(F)(F)F)C[C@H]1C[C@H]3[C@H](N(C)C)C(O)=C(C(N)=O)C[C@@]3(O)C(=O)C1=C2O)C[C@H]1CC2CC1C2(C)C. The summed E-state index contributed by atoms with van der Waals surface area (Å²) in [5.74, 6) is -4.15. The Morgan fingerprint density at radius 3 is 2.30 bits per heavy atom. The molecule has 0 saturated heterocycles. The lowest BCUT2D eigenvalue weighted by molar-refractivity contribution is -0.151. The Kier molecular flexibility index (Phi) is 7.65. The van der Waals surface area contributed by atoms with Crippen molar-refractivity contribution in [3.63, 3.8) is 0 Å². The second-order valence-corrected chi connectivity index (χ2v) is 15.0. The van der Waals surface area contributed by atoms with Crippen molar-refractivity contribution in [2.24, 2.45) is 40.7 Å². The number of fused-ring (bicyclic) bond motifs is 4. The first kappa shape index (κ1) is 32.8. The van der Waals surface area contributed by atoms with Crippen molar-refractivity contribution in [2.75, 3.05) is 27.2 Å². The minimum Gasteiger partial charge on any atom is -0.510 e. The number of hydrogen-bond donors (Lipinski definition) is 5. The molecule has 46 heavy (non-hydrogen) atoms. The molecule has 0 aliphatic heterocycles. The van der Waals surface area contributed by atoms with E-state index in [-0.39, 0.29) is 47.1 Å². The number of likely N-dealkylation sites (N-methyl/N-ethyl adjacent to an activating group) is 1. The van der Waals surface area contributed by atoms with Gasteiger partial charge in [-0.15, -0.1) is 0 Å². The average molecular weight is 648 g/mol. The van der Waals surface area contributed by atoms with E-state index in [9.17, 15) is 43.2 Å². The number of phenols is 1. The van der Waals surface area contributed by atoms with E-state index in [1.54, 1.807) is 14.1 Å². The van der Waals surface area contributed by atoms with Crippen LogP contribution < -0.4 is 5.73 Å². The second kappa shape index (κ2) is 10.7. The molecule has 0 heterocycles. The summed E-state index contributed by atoms with van der Waals surface area (Å²) < 4.78 is 45.0. The Balaban J connectivity index is 1.41. The molecule has 1 amide bonds. The molecular formula is C34H44F3N3O6. The zero-order valence-electron chi connectivity index (χ0n) is 26.9. The maximum absolute atomic E-state index is 15.0. The molecule has 4 fully saturated rings. The predicted octanol–water partition coefficient (Wildman–Crippen LogP) is 4.31. The van der Waals surface area contributed by atoms with Crippen LogP contribution in [0.15, 0.2) is 23.0 Å². The van der Waals surface area contributed by atoms with Crippen molar-refractivity contribution < 1.29 is 43.2 Å². The van der Waals surface area contributed by atoms with Gasteiger partial charge in [-0.25, -0.2) is 0 Å². The second-order valence-electron chi connectivity index (χ2n) is 15.0. The number of benzene rings is 1. The Bertz CT molecular complexity index is 1570. The van der Waals surface area contributed by atoms with E-state index in [1.807, 2.05) is 11.8 Å². The zero-order valence-corrected chi connectivity index (χ0v) is 26.9. The topological polar surface area (TPSA) is 148 Å². The Labute approximate surface area is 266 Å². The number of carbonyl (C=O) groups is 2. The molecule has 12 heteroatoms. The van der Waals surface area contributed by atoms with Gasteiger partial charge < -0.3 is 26.2 Å². The maximum atomic E-state index is 15.0. The Hall–Kier alpha value is -3.09. The van der Waals surface area contributed by atoms with Crippen LogP contribution in [0, 0.1) is 35.0 Å². The maximum Gasteiger partial charge on any atom is 0.417 e. The summed E-state index contributed by atoms with van der Waals surface area (Å²) in [4.78, 5) is 29.7. The van der Waals surface area contributed by atoms with Crippen LogP contribution >= 0.6 is 0 Å². The number of nitrogens with zero attached hydrogens (tertiary/aromatic N) is 2. The van der Waals surface area contributed by atoms with Crippen LogP contribution in [0.2, 0.25) is 0 Å². The number of hydrogen-bond acceptors (Lipinski definition) is 8. The Morgan fingerprint density at radius 1 is 1.11 bits per heavy atom. The highest BCUT2D eigenvalue weighted by molar-refractivity contribution is 6.10. The number of phenolic OH excluding ortho intramolecular Hbond substituents is 1. The molecular weight excluding hydrogens is 603 g/mol. The molecule has 6 aliphatic carbocycles. The first-order valence-electron chi connectivity index (χ1n) is 16.1. The van der Waals surface area contributed by atoms with Gasteiger partial charge in [0.25, 0.3) is 0 Å². The summed E-state index contributed by atoms with van der Waals surface area (Å²) in [5, 5.41) is 45.4. The highest BCUT2D eigenvalue weighted by Gasteiger charge is 2.61. The fourth-order valence-electron chi connectivity index (χ4n) is 9.82. The summed E-state index contributed by atoms with van der Waals surface area (Å²) in [6.07, 6.45) is -3.61. The number of amides is 1. The molecule has 4 saturated carbocycles. The molecule has 6 aliphatic rings. The quantitative estimate of drug-likeness (QED) is 0.294. The van der Waals surface area contributed by atoms with Crippen LogP contribution in [0.5, 0.6) is 5.75 Å². The third-order valence-electron chi connectivity index (χ3n) is 12.2. The van der Waals surface area contributed by atoms with Gasteiger partial charge in [0, 0.05) is 31.0 Å². The van der Waals surface area contributed by atoms with E-state index in [4.69, 9.17) is 5.73 Å². The van der Waals surface area contributed by atoms with Crippen LogP contribution in [0.4, 0.5) is 13.2 Å². The number of alkyl halides is 3. The number of aliphatic hydroxyl groups is 3. The number of rotatable bonds is 7. The van der Waals surface area contributed by atoms with Crippen LogP contribution in [0.3, 0.4) is 0 Å². The molecule has 1 aromatic carbocycles. The van der Waals surface area contributed by atoms with Crippen LogP contribution in [-0.2, 0) is 28.7 Å². The number of halogens is 3. The highest BCUT2D eigenvalue weighted by Crippen LogP contribution is 2.64. The summed E-state index contributed by atoms with van der Waals surface area (Å²) in [7, 11) is 3.16. The highest BCUT2D eigenvalue weighted by atomic mass is 19.4. The van der Waals surface area contributed by atoms with Gasteiger partial charge in [0.05, 0.1) is 22.7 Å². The minimum atomic E-state index is -4.82. The number of ketones is 1. The van der Waals surface area contributed by atoms with E-state index >= 15 is 0 Å². The van der Waals surface area contributed by atoms with E-state index in [1.165, 1.54) is 4.90 Å². The third-order valence-corrected chi connectivity index (χ3v) is 12.2. The minimum absolute atomic E-state index is 0.0406. The molecule has 1 aromatic rings. The number of carbonyl (C=O) groups excluding carboxylic acids is 2. The van der Waals surface area contributed by atoms with Crippen molar-refractivity contribution in [3.8, 4) is 5.75 Å². The normalized spacial score (nSPS) is 33.2. The van der Waals surface area contributed by atoms with Gasteiger partial charge in [-0.3, -0.25) is 19.4 Å². The summed E-state index contributed by atoms with van der Waals surface area (Å²) >= 11 is 0. The van der Waals surface area contributed by atoms with Crippen molar-refractivity contribution in [3.05, 3.63) is 45.2 Å². The summed E-state index contributed by atoms with van der Waals surface area (Å²) in [5.41, 5.74) is 1.05. The van der Waals surface area contributed by atoms with Gasteiger partial charge in [-0.2, -0.15) is 13.2 Å². The molecule has 0 aromatic heterocycles. The number of nitrogens with two attached hydrogens (primary N) is 1. The van der Waals surface area contributed by atoms with Crippen LogP contribution in [0.25, 0.3) is 5.76 Å². The number of aromatic hydroxyl groups is 1. The summed E-state index contributed by atoms with van der Waals surface area (Å²) in [6.45, 7) is 7.56. The average Bonchev–Trinajstić information content (AvgIpc) is 3.49. The lowest BCUT2D eigenvalue weighted by Gasteiger charge is -2.51. The Morgan fingerprint density at radius 2 is 1.78 bits per heavy atom. The van der Waals surface area contributed by atoms with Crippen molar-refractivity contribution in [1.29, 1.82) is 0 Å². The molecule has 252 valence electrons. The molecule has 2 bridgehead atoms. The molecule has 0 spiro atoms. The fourth-order valence-corrected chi connectivity index (χ4v) is 9.82. The number of Topliss-reactive ketones (excluding diaryl/α,β-unsaturated/α-hetero) is 1. The van der Waals surface area contributed by atoms with Gasteiger partial charge in [-0.1, -0.05) is 20.8 Å². The first-order chi connectivity index (χ1) is 21.3. The van der Waals surface area contributed by atoms with E-state index in [0.717, 1.165) is 18.9 Å². The number of primary amides is 1. The van der Waals surface area contributed by atoms with E-state index in [0.29, 0.717) is 30.8 Å². The van der Waals surface area contributed by atoms with Crippen molar-refractivity contribution in [2.45, 2.75) is 77.2 Å². The standard InChI is InChI=1S/C34H44F3N3O6/c1-6-40(13-16-7-18-11-21(16)32(18,2)3)14-17-10-23(41)25-19(26(17)34(35,36)37)8-15-9-22-27(39(4)5)28(42)20(31(38)45)12-33(22,46)30(44)24(15)29(25)43/h10,15-16,18,21-22,27,41-43,46H,6-9,11-14H2,1-5H3,(H2,38,45)/t15-,16+,18?,21?,22-,27-,33-/m0/s1. The molecule has 9 nitrogen and oxygen atoms in total. The lowest BCUT2D eigenvalue weighted by atomic mass is 9.57. The third kappa shape index (κ3) is 4.69. The predicted molar refractivity (Wildman–Crippen MR) is 163 cm³/mol. The van der Waals surface area contributed by atoms with Gasteiger partial charge in [0.2, 0.25) is 5.91 Å².